The molecule has 0 aliphatic heterocycles. The van der Waals surface area contributed by atoms with E-state index in [2.05, 4.69) is 25.4 Å². The normalized spacial score (nSPS) is 13.9. The monoisotopic (exact) mass is 510 g/mol. The summed E-state index contributed by atoms with van der Waals surface area (Å²) in [7, 11) is 0. The first-order chi connectivity index (χ1) is 16.1. The topological polar surface area (TPSA) is 81.7 Å². The number of anilines is 1. The minimum atomic E-state index is -5.16. The van der Waals surface area contributed by atoms with E-state index in [1.54, 1.807) is 0 Å². The van der Waals surface area contributed by atoms with Gasteiger partial charge in [0.2, 0.25) is 0 Å². The van der Waals surface area contributed by atoms with Crippen molar-refractivity contribution >= 4 is 17.1 Å². The number of benzene rings is 1. The van der Waals surface area contributed by atoms with Gasteiger partial charge in [-0.2, -0.15) is 54.3 Å². The molecule has 1 N–H and O–H groups in total. The lowest BCUT2D eigenvalue weighted by Gasteiger charge is -2.13. The van der Waals surface area contributed by atoms with Gasteiger partial charge in [-0.3, -0.25) is 0 Å². The second kappa shape index (κ2) is 8.13. The van der Waals surface area contributed by atoms with Crippen LogP contribution in [0.1, 0.15) is 35.5 Å². The van der Waals surface area contributed by atoms with Crippen LogP contribution in [-0.2, 0) is 18.5 Å². The summed E-state index contributed by atoms with van der Waals surface area (Å²) >= 11 is 0. The summed E-state index contributed by atoms with van der Waals surface area (Å²) in [5.74, 6) is -0.00238. The lowest BCUT2D eigenvalue weighted by atomic mass is 10.1. The maximum atomic E-state index is 13.3. The van der Waals surface area contributed by atoms with Crippen molar-refractivity contribution in [1.82, 2.24) is 24.7 Å². The third kappa shape index (κ3) is 4.85. The van der Waals surface area contributed by atoms with Crippen molar-refractivity contribution in [3.63, 3.8) is 0 Å². The second-order valence-corrected chi connectivity index (χ2v) is 7.19. The highest BCUT2D eigenvalue weighted by Gasteiger charge is 2.40. The zero-order chi connectivity index (χ0) is 25.8. The van der Waals surface area contributed by atoms with Crippen LogP contribution in [-0.4, -0.2) is 24.7 Å². The molecule has 16 heteroatoms. The average molecular weight is 510 g/mol. The van der Waals surface area contributed by atoms with Crippen LogP contribution in [0.3, 0.4) is 0 Å². The van der Waals surface area contributed by atoms with E-state index >= 15 is 0 Å². The van der Waals surface area contributed by atoms with Gasteiger partial charge in [-0.25, -0.2) is 9.97 Å². The third-order valence-electron chi connectivity index (χ3n) is 4.72. The highest BCUT2D eigenvalue weighted by atomic mass is 19.4. The van der Waals surface area contributed by atoms with Gasteiger partial charge >= 0.3 is 18.5 Å². The van der Waals surface area contributed by atoms with Gasteiger partial charge in [0.1, 0.15) is 17.4 Å². The molecule has 0 unspecified atom stereocenters. The highest BCUT2D eigenvalue weighted by molar-refractivity contribution is 5.80. The summed E-state index contributed by atoms with van der Waals surface area (Å²) in [6, 6.07) is 0.662. The summed E-state index contributed by atoms with van der Waals surface area (Å²) < 4.78 is 124. The Hall–Kier alpha value is -3.85. The van der Waals surface area contributed by atoms with Crippen molar-refractivity contribution in [3.8, 4) is 5.82 Å². The van der Waals surface area contributed by atoms with Gasteiger partial charge in [0.25, 0.3) is 6.01 Å². The summed E-state index contributed by atoms with van der Waals surface area (Å²) in [5, 5.41) is 6.42. The molecule has 0 spiro atoms. The van der Waals surface area contributed by atoms with E-state index in [9.17, 15) is 39.5 Å². The first-order valence-corrected chi connectivity index (χ1v) is 9.43. The predicted molar refractivity (Wildman–Crippen MR) is 100 cm³/mol. The van der Waals surface area contributed by atoms with Gasteiger partial charge in [0.15, 0.2) is 17.2 Å². The van der Waals surface area contributed by atoms with Crippen LogP contribution >= 0.6 is 0 Å². The first kappa shape index (κ1) is 24.3. The molecule has 0 saturated carbocycles. The molecule has 186 valence electrons. The Kier molecular flexibility index (Phi) is 5.64. The number of halogens is 9. The summed E-state index contributed by atoms with van der Waals surface area (Å²) in [6.45, 7) is 1.44. The zero-order valence-electron chi connectivity index (χ0n) is 17.1. The number of fused-ring (bicyclic) bond motifs is 1. The number of hydrogen-bond donors (Lipinski definition) is 1. The minimum Gasteiger partial charge on any atom is -0.423 e. The van der Waals surface area contributed by atoms with Crippen LogP contribution in [0.5, 0.6) is 0 Å². The fraction of sp³-hybridized carbons (Fsp3) is 0.263. The number of pyridine rings is 1. The lowest BCUT2D eigenvalue weighted by molar-refractivity contribution is -0.142. The molecule has 0 aliphatic rings. The van der Waals surface area contributed by atoms with Gasteiger partial charge < -0.3 is 9.73 Å². The molecule has 4 rings (SSSR count). The van der Waals surface area contributed by atoms with Crippen molar-refractivity contribution in [2.45, 2.75) is 31.5 Å². The number of aromatic nitrogens is 5. The molecule has 35 heavy (non-hydrogen) atoms. The molecule has 0 radical (unpaired) electrons. The van der Waals surface area contributed by atoms with Crippen LogP contribution < -0.4 is 5.32 Å². The van der Waals surface area contributed by atoms with Gasteiger partial charge in [-0.05, 0) is 31.2 Å². The SMILES string of the molecule is C[C@H](Nc1nc2cc(C(F)(F)F)cc(C(F)(F)F)c2o1)c1ncnn1-c1ccc(C(F)(F)F)cn1. The van der Waals surface area contributed by atoms with Crippen LogP contribution in [0.4, 0.5) is 45.5 Å². The molecule has 1 aromatic carbocycles. The Balaban J connectivity index is 1.66. The van der Waals surface area contributed by atoms with Gasteiger partial charge in [-0.1, -0.05) is 0 Å². The number of alkyl halides is 9. The molecular formula is C19H11F9N6O. The van der Waals surface area contributed by atoms with Crippen LogP contribution in [0.2, 0.25) is 0 Å². The molecule has 0 amide bonds. The van der Waals surface area contributed by atoms with Crippen molar-refractivity contribution in [1.29, 1.82) is 0 Å². The molecule has 1 atom stereocenters. The molecule has 7 nitrogen and oxygen atoms in total. The Morgan fingerprint density at radius 1 is 0.886 bits per heavy atom. The average Bonchev–Trinajstić information content (AvgIpc) is 3.37. The maximum Gasteiger partial charge on any atom is 0.420 e. The molecule has 3 aromatic heterocycles. The minimum absolute atomic E-state index is 0.0477. The van der Waals surface area contributed by atoms with E-state index < -0.39 is 58.4 Å². The van der Waals surface area contributed by atoms with Crippen LogP contribution in [0.25, 0.3) is 16.9 Å². The lowest BCUT2D eigenvalue weighted by Crippen LogP contribution is -2.15. The Bertz CT molecular complexity index is 1350. The molecule has 4 aromatic rings. The fourth-order valence-corrected chi connectivity index (χ4v) is 3.12. The molecule has 0 fully saturated rings. The Morgan fingerprint density at radius 2 is 1.57 bits per heavy atom. The zero-order valence-corrected chi connectivity index (χ0v) is 17.1. The standard InChI is InChI=1S/C19H11F9N6O/c1-8(15-30-7-31-34(15)13-3-2-9(6-29-13)17(20,21)22)32-16-33-12-5-10(18(23,24)25)4-11(14(12)35-16)19(26,27)28/h2-8H,1H3,(H,32,33)/t8-/m0/s1. The number of nitrogens with zero attached hydrogens (tertiary/aromatic N) is 5. The van der Waals surface area contributed by atoms with E-state index in [-0.39, 0.29) is 17.7 Å². The first-order valence-electron chi connectivity index (χ1n) is 9.43. The molecule has 0 bridgehead atoms. The smallest absolute Gasteiger partial charge is 0.420 e. The summed E-state index contributed by atoms with van der Waals surface area (Å²) in [5.41, 5.74) is -5.82. The number of hydrogen-bond acceptors (Lipinski definition) is 6. The Labute approximate surface area is 188 Å². The van der Waals surface area contributed by atoms with Gasteiger partial charge in [0.05, 0.1) is 17.2 Å². The number of oxazole rings is 1. The summed E-state index contributed by atoms with van der Waals surface area (Å²) in [4.78, 5) is 11.3. The van der Waals surface area contributed by atoms with Gasteiger partial charge in [0, 0.05) is 6.20 Å². The largest absolute Gasteiger partial charge is 0.423 e. The van der Waals surface area contributed by atoms with Gasteiger partial charge in [-0.15, -0.1) is 0 Å². The highest BCUT2D eigenvalue weighted by Crippen LogP contribution is 2.41. The molecular weight excluding hydrogens is 499 g/mol. The van der Waals surface area contributed by atoms with E-state index in [0.29, 0.717) is 12.3 Å². The summed E-state index contributed by atoms with van der Waals surface area (Å²) in [6.07, 6.45) is -13.2. The van der Waals surface area contributed by atoms with E-state index in [0.717, 1.165) is 23.1 Å². The van der Waals surface area contributed by atoms with E-state index in [1.165, 1.54) is 6.92 Å². The maximum absolute atomic E-state index is 13.3. The van der Waals surface area contributed by atoms with Crippen molar-refractivity contribution in [3.05, 3.63) is 59.3 Å². The molecule has 3 heterocycles. The van der Waals surface area contributed by atoms with Crippen LogP contribution in [0.15, 0.2) is 41.2 Å². The number of nitrogens with one attached hydrogen (secondary N) is 1. The number of rotatable bonds is 4. The fourth-order valence-electron chi connectivity index (χ4n) is 3.12. The van der Waals surface area contributed by atoms with Crippen molar-refractivity contribution in [2.24, 2.45) is 0 Å². The molecule has 0 aliphatic carbocycles. The molecule has 0 saturated heterocycles. The van der Waals surface area contributed by atoms with Crippen molar-refractivity contribution in [2.75, 3.05) is 5.32 Å². The Morgan fingerprint density at radius 3 is 2.14 bits per heavy atom. The van der Waals surface area contributed by atoms with E-state index in [1.807, 2.05) is 0 Å². The third-order valence-corrected chi connectivity index (χ3v) is 4.72. The van der Waals surface area contributed by atoms with Crippen LogP contribution in [0, 0.1) is 0 Å². The second-order valence-electron chi connectivity index (χ2n) is 7.19. The van der Waals surface area contributed by atoms with Crippen molar-refractivity contribution < 1.29 is 43.9 Å². The van der Waals surface area contributed by atoms with E-state index in [4.69, 9.17) is 4.42 Å². The quantitative estimate of drug-likeness (QED) is 0.338. The predicted octanol–water partition coefficient (Wildman–Crippen LogP) is 6.03.